The molecule has 0 amide bonds. The van der Waals surface area contributed by atoms with E-state index < -0.39 is 11.4 Å². The predicted octanol–water partition coefficient (Wildman–Crippen LogP) is 1.95. The minimum Gasteiger partial charge on any atom is -0.481 e. The zero-order valence-corrected chi connectivity index (χ0v) is 9.81. The molecule has 1 N–H and O–H groups in total. The summed E-state index contributed by atoms with van der Waals surface area (Å²) in [4.78, 5) is 11.1. The maximum atomic E-state index is 11.1. The molecule has 0 aliphatic heterocycles. The van der Waals surface area contributed by atoms with Crippen molar-refractivity contribution in [1.82, 2.24) is 9.78 Å². The maximum absolute atomic E-state index is 11.1. The molecule has 16 heavy (non-hydrogen) atoms. The highest BCUT2D eigenvalue weighted by molar-refractivity contribution is 5.78. The topological polar surface area (TPSA) is 55.1 Å². The average molecular weight is 222 g/mol. The number of nitrogens with zero attached hydrogens (tertiary/aromatic N) is 2. The van der Waals surface area contributed by atoms with Gasteiger partial charge >= 0.3 is 5.97 Å². The van der Waals surface area contributed by atoms with Gasteiger partial charge in [-0.05, 0) is 24.8 Å². The molecule has 1 aromatic heterocycles. The number of carboxylic acids is 1. The van der Waals surface area contributed by atoms with Crippen LogP contribution in [0, 0.1) is 11.3 Å². The first kappa shape index (κ1) is 11.2. The van der Waals surface area contributed by atoms with Crippen molar-refractivity contribution in [3.63, 3.8) is 0 Å². The Bertz CT molecular complexity index is 391. The zero-order chi connectivity index (χ0) is 11.8. The van der Waals surface area contributed by atoms with Crippen molar-refractivity contribution in [3.05, 3.63) is 18.0 Å². The molecule has 0 saturated heterocycles. The maximum Gasteiger partial charge on any atom is 0.310 e. The summed E-state index contributed by atoms with van der Waals surface area (Å²) in [5.41, 5.74) is 0.558. The molecular formula is C12H18N2O2. The van der Waals surface area contributed by atoms with E-state index in [0.717, 1.165) is 25.1 Å². The molecule has 0 bridgehead atoms. The minimum absolute atomic E-state index is 0.491. The fourth-order valence-corrected chi connectivity index (χ4v) is 1.98. The first-order valence-corrected chi connectivity index (χ1v) is 5.77. The summed E-state index contributed by atoms with van der Waals surface area (Å²) in [5.74, 6) is -0.136. The molecule has 1 aliphatic rings. The monoisotopic (exact) mass is 222 g/mol. The molecule has 1 aromatic rings. The van der Waals surface area contributed by atoms with Crippen LogP contribution in [0.1, 0.15) is 32.4 Å². The van der Waals surface area contributed by atoms with Gasteiger partial charge in [0.05, 0.1) is 5.41 Å². The fourth-order valence-electron chi connectivity index (χ4n) is 1.98. The molecule has 4 heteroatoms. The average Bonchev–Trinajstić information content (AvgIpc) is 2.85. The van der Waals surface area contributed by atoms with Gasteiger partial charge in [0.15, 0.2) is 0 Å². The van der Waals surface area contributed by atoms with Crippen molar-refractivity contribution >= 4 is 5.97 Å². The van der Waals surface area contributed by atoms with Crippen LogP contribution in [0.25, 0.3) is 0 Å². The summed E-state index contributed by atoms with van der Waals surface area (Å²) in [6.45, 7) is 5.13. The van der Waals surface area contributed by atoms with Gasteiger partial charge in [0, 0.05) is 24.9 Å². The Labute approximate surface area is 95.3 Å². The number of carbonyl (C=O) groups is 1. The van der Waals surface area contributed by atoms with Gasteiger partial charge in [0.2, 0.25) is 0 Å². The first-order valence-electron chi connectivity index (χ1n) is 5.77. The van der Waals surface area contributed by atoms with Crippen LogP contribution in [0.2, 0.25) is 0 Å². The second-order valence-corrected chi connectivity index (χ2v) is 5.16. The van der Waals surface area contributed by atoms with Gasteiger partial charge < -0.3 is 5.11 Å². The van der Waals surface area contributed by atoms with Gasteiger partial charge in [0.25, 0.3) is 0 Å². The van der Waals surface area contributed by atoms with Crippen molar-refractivity contribution < 1.29 is 9.90 Å². The van der Waals surface area contributed by atoms with Crippen molar-refractivity contribution in [3.8, 4) is 0 Å². The summed E-state index contributed by atoms with van der Waals surface area (Å²) in [5, 5.41) is 13.4. The van der Waals surface area contributed by atoms with Crippen molar-refractivity contribution in [1.29, 1.82) is 0 Å². The van der Waals surface area contributed by atoms with E-state index in [2.05, 4.69) is 18.9 Å². The Morgan fingerprint density at radius 1 is 1.62 bits per heavy atom. The lowest BCUT2D eigenvalue weighted by Crippen LogP contribution is -2.20. The molecule has 1 saturated carbocycles. The number of aliphatic carboxylic acids is 1. The molecule has 1 fully saturated rings. The van der Waals surface area contributed by atoms with Gasteiger partial charge in [-0.15, -0.1) is 0 Å². The Kier molecular flexibility index (Phi) is 2.74. The minimum atomic E-state index is -0.662. The van der Waals surface area contributed by atoms with Gasteiger partial charge in [0.1, 0.15) is 0 Å². The third-order valence-corrected chi connectivity index (χ3v) is 3.17. The summed E-state index contributed by atoms with van der Waals surface area (Å²) < 4.78 is 1.94. The Morgan fingerprint density at radius 2 is 2.31 bits per heavy atom. The smallest absolute Gasteiger partial charge is 0.310 e. The SMILES string of the molecule is CC(C)Cn1nccc1CC1(C(=O)O)CC1. The molecule has 0 aromatic carbocycles. The molecule has 0 unspecified atom stereocenters. The first-order chi connectivity index (χ1) is 7.53. The number of aromatic nitrogens is 2. The van der Waals surface area contributed by atoms with E-state index in [1.807, 2.05) is 10.7 Å². The van der Waals surface area contributed by atoms with Crippen molar-refractivity contribution in [2.24, 2.45) is 11.3 Å². The van der Waals surface area contributed by atoms with Crippen LogP contribution in [0.4, 0.5) is 0 Å². The number of carboxylic acid groups (broad SMARTS) is 1. The second-order valence-electron chi connectivity index (χ2n) is 5.16. The molecule has 0 spiro atoms. The highest BCUT2D eigenvalue weighted by atomic mass is 16.4. The lowest BCUT2D eigenvalue weighted by Gasteiger charge is -2.13. The molecule has 0 radical (unpaired) electrons. The molecule has 4 nitrogen and oxygen atoms in total. The second kappa shape index (κ2) is 3.92. The largest absolute Gasteiger partial charge is 0.481 e. The van der Waals surface area contributed by atoms with E-state index in [0.29, 0.717) is 12.3 Å². The molecule has 0 atom stereocenters. The van der Waals surface area contributed by atoms with Crippen LogP contribution < -0.4 is 0 Å². The number of rotatable bonds is 5. The van der Waals surface area contributed by atoms with E-state index in [4.69, 9.17) is 5.11 Å². The summed E-state index contributed by atoms with van der Waals surface area (Å²) in [6.07, 6.45) is 3.98. The molecule has 2 rings (SSSR count). The quantitative estimate of drug-likeness (QED) is 0.828. The number of hydrogen-bond donors (Lipinski definition) is 1. The zero-order valence-electron chi connectivity index (χ0n) is 9.81. The Hall–Kier alpha value is -1.32. The highest BCUT2D eigenvalue weighted by Crippen LogP contribution is 2.48. The van der Waals surface area contributed by atoms with E-state index >= 15 is 0 Å². The summed E-state index contributed by atoms with van der Waals surface area (Å²) in [7, 11) is 0. The lowest BCUT2D eigenvalue weighted by atomic mass is 10.0. The standard InChI is InChI=1S/C12H18N2O2/c1-9(2)8-14-10(3-6-13-14)7-12(4-5-12)11(15)16/h3,6,9H,4-5,7-8H2,1-2H3,(H,15,16). The number of hydrogen-bond acceptors (Lipinski definition) is 2. The Morgan fingerprint density at radius 3 is 2.81 bits per heavy atom. The van der Waals surface area contributed by atoms with E-state index in [-0.39, 0.29) is 0 Å². The van der Waals surface area contributed by atoms with E-state index in [1.54, 1.807) is 6.20 Å². The van der Waals surface area contributed by atoms with Gasteiger partial charge in [-0.1, -0.05) is 13.8 Å². The lowest BCUT2D eigenvalue weighted by molar-refractivity contribution is -0.143. The van der Waals surface area contributed by atoms with Crippen LogP contribution in [-0.2, 0) is 17.8 Å². The van der Waals surface area contributed by atoms with Crippen LogP contribution in [0.5, 0.6) is 0 Å². The summed E-state index contributed by atoms with van der Waals surface area (Å²) >= 11 is 0. The van der Waals surface area contributed by atoms with Gasteiger partial charge in [-0.2, -0.15) is 5.10 Å². The van der Waals surface area contributed by atoms with Crippen LogP contribution in [0.3, 0.4) is 0 Å². The fraction of sp³-hybridized carbons (Fsp3) is 0.667. The summed E-state index contributed by atoms with van der Waals surface area (Å²) in [6, 6.07) is 1.94. The van der Waals surface area contributed by atoms with Crippen molar-refractivity contribution in [2.45, 2.75) is 39.7 Å². The van der Waals surface area contributed by atoms with Crippen LogP contribution in [-0.4, -0.2) is 20.9 Å². The van der Waals surface area contributed by atoms with Gasteiger partial charge in [-0.25, -0.2) is 0 Å². The van der Waals surface area contributed by atoms with Crippen LogP contribution in [0.15, 0.2) is 12.3 Å². The molecule has 1 aliphatic carbocycles. The highest BCUT2D eigenvalue weighted by Gasteiger charge is 2.50. The molecule has 1 heterocycles. The van der Waals surface area contributed by atoms with Crippen LogP contribution >= 0.6 is 0 Å². The molecule has 88 valence electrons. The normalized spacial score (nSPS) is 17.7. The third-order valence-electron chi connectivity index (χ3n) is 3.17. The Balaban J connectivity index is 2.10. The third kappa shape index (κ3) is 2.10. The van der Waals surface area contributed by atoms with E-state index in [9.17, 15) is 4.79 Å². The predicted molar refractivity (Wildman–Crippen MR) is 60.1 cm³/mol. The molecular weight excluding hydrogens is 204 g/mol. The van der Waals surface area contributed by atoms with E-state index in [1.165, 1.54) is 0 Å². The van der Waals surface area contributed by atoms with Crippen molar-refractivity contribution in [2.75, 3.05) is 0 Å². The van der Waals surface area contributed by atoms with Gasteiger partial charge in [-0.3, -0.25) is 9.48 Å².